The monoisotopic (exact) mass is 161 g/mol. The van der Waals surface area contributed by atoms with Gasteiger partial charge in [0.1, 0.15) is 0 Å². The fourth-order valence-corrected chi connectivity index (χ4v) is 1.38. The lowest BCUT2D eigenvalue weighted by Gasteiger charge is -2.09. The molecule has 0 aliphatic carbocycles. The van der Waals surface area contributed by atoms with Gasteiger partial charge < -0.3 is 0 Å². The Kier molecular flexibility index (Phi) is 1.78. The zero-order valence-corrected chi connectivity index (χ0v) is 7.01. The van der Waals surface area contributed by atoms with Gasteiger partial charge in [0.15, 0.2) is 0 Å². The van der Waals surface area contributed by atoms with E-state index < -0.39 is 0 Å². The van der Waals surface area contributed by atoms with Gasteiger partial charge in [-0.25, -0.2) is 0 Å². The molecule has 0 aromatic carbocycles. The summed E-state index contributed by atoms with van der Waals surface area (Å²) in [5, 5.41) is 6.13. The van der Waals surface area contributed by atoms with Crippen LogP contribution in [0.15, 0.2) is 29.6 Å². The summed E-state index contributed by atoms with van der Waals surface area (Å²) >= 11 is 0. The molecule has 0 saturated heterocycles. The molecule has 0 saturated carbocycles. The van der Waals surface area contributed by atoms with E-state index in [9.17, 15) is 0 Å². The SMILES string of the molecule is CN1CC(c2ccncc2)C=N1. The molecule has 1 unspecified atom stereocenters. The molecule has 1 aliphatic rings. The molecule has 1 aromatic heterocycles. The van der Waals surface area contributed by atoms with E-state index >= 15 is 0 Å². The number of hydrogen-bond donors (Lipinski definition) is 0. The Morgan fingerprint density at radius 2 is 2.17 bits per heavy atom. The number of rotatable bonds is 1. The third kappa shape index (κ3) is 1.30. The van der Waals surface area contributed by atoms with Gasteiger partial charge in [-0.15, -0.1) is 0 Å². The Morgan fingerprint density at radius 3 is 2.75 bits per heavy atom. The minimum atomic E-state index is 0.443. The molecule has 0 fully saturated rings. The van der Waals surface area contributed by atoms with Crippen molar-refractivity contribution < 1.29 is 0 Å². The highest BCUT2D eigenvalue weighted by atomic mass is 15.4. The molecular weight excluding hydrogens is 150 g/mol. The second kappa shape index (κ2) is 2.93. The summed E-state index contributed by atoms with van der Waals surface area (Å²) in [6, 6.07) is 4.08. The van der Waals surface area contributed by atoms with E-state index in [2.05, 4.69) is 10.1 Å². The van der Waals surface area contributed by atoms with Crippen LogP contribution < -0.4 is 0 Å². The van der Waals surface area contributed by atoms with Crippen molar-refractivity contribution in [2.24, 2.45) is 5.10 Å². The van der Waals surface area contributed by atoms with Crippen LogP contribution in [0.3, 0.4) is 0 Å². The second-order valence-corrected chi connectivity index (χ2v) is 2.99. The maximum atomic E-state index is 4.18. The maximum Gasteiger partial charge on any atom is 0.0476 e. The van der Waals surface area contributed by atoms with Crippen molar-refractivity contribution in [3.05, 3.63) is 30.1 Å². The van der Waals surface area contributed by atoms with Crippen molar-refractivity contribution in [3.8, 4) is 0 Å². The average Bonchev–Trinajstić information content (AvgIpc) is 2.54. The molecule has 2 heterocycles. The highest BCUT2D eigenvalue weighted by molar-refractivity contribution is 5.69. The molecule has 0 amide bonds. The lowest BCUT2D eigenvalue weighted by atomic mass is 10.0. The van der Waals surface area contributed by atoms with Gasteiger partial charge in [0.25, 0.3) is 0 Å². The fraction of sp³-hybridized carbons (Fsp3) is 0.333. The smallest absolute Gasteiger partial charge is 0.0476 e. The minimum Gasteiger partial charge on any atom is -0.299 e. The number of aromatic nitrogens is 1. The van der Waals surface area contributed by atoms with Crippen molar-refractivity contribution in [2.75, 3.05) is 13.6 Å². The Labute approximate surface area is 71.7 Å². The summed E-state index contributed by atoms with van der Waals surface area (Å²) in [5.74, 6) is 0.443. The van der Waals surface area contributed by atoms with Gasteiger partial charge in [-0.1, -0.05) is 0 Å². The number of nitrogens with zero attached hydrogens (tertiary/aromatic N) is 3. The van der Waals surface area contributed by atoms with E-state index in [4.69, 9.17) is 0 Å². The van der Waals surface area contributed by atoms with Crippen molar-refractivity contribution >= 4 is 6.21 Å². The molecule has 12 heavy (non-hydrogen) atoms. The highest BCUT2D eigenvalue weighted by Crippen LogP contribution is 2.17. The van der Waals surface area contributed by atoms with Gasteiger partial charge >= 0.3 is 0 Å². The Bertz CT molecular complexity index is 281. The van der Waals surface area contributed by atoms with Gasteiger partial charge in [-0.3, -0.25) is 9.99 Å². The summed E-state index contributed by atoms with van der Waals surface area (Å²) < 4.78 is 0. The predicted molar refractivity (Wildman–Crippen MR) is 48.1 cm³/mol. The minimum absolute atomic E-state index is 0.443. The van der Waals surface area contributed by atoms with Crippen LogP contribution in [-0.2, 0) is 0 Å². The molecule has 0 bridgehead atoms. The lowest BCUT2D eigenvalue weighted by molar-refractivity contribution is 0.381. The summed E-state index contributed by atoms with van der Waals surface area (Å²) in [6.07, 6.45) is 5.62. The Morgan fingerprint density at radius 1 is 1.42 bits per heavy atom. The lowest BCUT2D eigenvalue weighted by Crippen LogP contribution is -2.11. The number of hydrazone groups is 1. The molecule has 1 aromatic rings. The quantitative estimate of drug-likeness (QED) is 0.617. The fourth-order valence-electron chi connectivity index (χ4n) is 1.38. The molecule has 2 rings (SSSR count). The zero-order valence-electron chi connectivity index (χ0n) is 7.01. The number of hydrogen-bond acceptors (Lipinski definition) is 3. The van der Waals surface area contributed by atoms with Crippen LogP contribution in [0.25, 0.3) is 0 Å². The first-order valence-electron chi connectivity index (χ1n) is 4.01. The Hall–Kier alpha value is -1.38. The molecule has 1 aliphatic heterocycles. The molecule has 3 heteroatoms. The molecular formula is C9H11N3. The largest absolute Gasteiger partial charge is 0.299 e. The second-order valence-electron chi connectivity index (χ2n) is 2.99. The first-order chi connectivity index (χ1) is 5.86. The van der Waals surface area contributed by atoms with Crippen LogP contribution in [0.4, 0.5) is 0 Å². The van der Waals surface area contributed by atoms with E-state index in [-0.39, 0.29) is 0 Å². The van der Waals surface area contributed by atoms with E-state index in [0.29, 0.717) is 5.92 Å². The summed E-state index contributed by atoms with van der Waals surface area (Å²) in [5.41, 5.74) is 1.29. The maximum absolute atomic E-state index is 4.18. The zero-order chi connectivity index (χ0) is 8.39. The van der Waals surface area contributed by atoms with Gasteiger partial charge in [0, 0.05) is 38.1 Å². The third-order valence-electron chi connectivity index (χ3n) is 2.04. The van der Waals surface area contributed by atoms with E-state index in [1.165, 1.54) is 5.56 Å². The summed E-state index contributed by atoms with van der Waals surface area (Å²) in [7, 11) is 1.98. The van der Waals surface area contributed by atoms with Gasteiger partial charge in [0.05, 0.1) is 0 Å². The van der Waals surface area contributed by atoms with Crippen molar-refractivity contribution in [3.63, 3.8) is 0 Å². The van der Waals surface area contributed by atoms with Crippen molar-refractivity contribution in [2.45, 2.75) is 5.92 Å². The third-order valence-corrected chi connectivity index (χ3v) is 2.04. The molecule has 1 atom stereocenters. The van der Waals surface area contributed by atoms with E-state index in [1.807, 2.05) is 42.8 Å². The van der Waals surface area contributed by atoms with Crippen LogP contribution in [-0.4, -0.2) is 29.8 Å². The normalized spacial score (nSPS) is 21.8. The number of likely N-dealkylation sites (N-methyl/N-ethyl adjacent to an activating group) is 1. The standard InChI is InChI=1S/C9H11N3/c1-12-7-9(6-11-12)8-2-4-10-5-3-8/h2-6,9H,7H2,1H3. The average molecular weight is 161 g/mol. The molecule has 0 spiro atoms. The van der Waals surface area contributed by atoms with E-state index in [1.54, 1.807) is 0 Å². The van der Waals surface area contributed by atoms with Crippen LogP contribution in [0.5, 0.6) is 0 Å². The van der Waals surface area contributed by atoms with Crippen molar-refractivity contribution in [1.82, 2.24) is 9.99 Å². The van der Waals surface area contributed by atoms with Crippen LogP contribution in [0.2, 0.25) is 0 Å². The van der Waals surface area contributed by atoms with E-state index in [0.717, 1.165) is 6.54 Å². The first kappa shape index (κ1) is 7.28. The summed E-state index contributed by atoms with van der Waals surface area (Å²) in [6.45, 7) is 0.976. The van der Waals surface area contributed by atoms with Crippen LogP contribution >= 0.6 is 0 Å². The van der Waals surface area contributed by atoms with Crippen LogP contribution in [0, 0.1) is 0 Å². The number of pyridine rings is 1. The molecule has 3 nitrogen and oxygen atoms in total. The summed E-state index contributed by atoms with van der Waals surface area (Å²) in [4.78, 5) is 3.98. The Balaban J connectivity index is 2.18. The topological polar surface area (TPSA) is 28.5 Å². The molecule has 0 N–H and O–H groups in total. The predicted octanol–water partition coefficient (Wildman–Crippen LogP) is 1.10. The first-order valence-corrected chi connectivity index (χ1v) is 4.01. The molecule has 0 radical (unpaired) electrons. The van der Waals surface area contributed by atoms with Crippen molar-refractivity contribution in [1.29, 1.82) is 0 Å². The van der Waals surface area contributed by atoms with Crippen LogP contribution in [0.1, 0.15) is 11.5 Å². The molecule has 62 valence electrons. The van der Waals surface area contributed by atoms with Gasteiger partial charge in [-0.05, 0) is 17.7 Å². The van der Waals surface area contributed by atoms with Gasteiger partial charge in [-0.2, -0.15) is 5.10 Å². The van der Waals surface area contributed by atoms with Gasteiger partial charge in [0.2, 0.25) is 0 Å². The highest BCUT2D eigenvalue weighted by Gasteiger charge is 2.15.